The van der Waals surface area contributed by atoms with Crippen LogP contribution >= 0.6 is 11.6 Å². The molecule has 1 aromatic carbocycles. The summed E-state index contributed by atoms with van der Waals surface area (Å²) < 4.78 is 1.81. The van der Waals surface area contributed by atoms with Gasteiger partial charge in [-0.05, 0) is 26.0 Å². The number of halogens is 1. The zero-order valence-electron chi connectivity index (χ0n) is 11.0. The number of anilines is 1. The number of para-hydroxylation sites is 1. The van der Waals surface area contributed by atoms with Gasteiger partial charge in [-0.2, -0.15) is 0 Å². The summed E-state index contributed by atoms with van der Waals surface area (Å²) in [4.78, 5) is 15.9. The number of carbonyl (C=O) groups excluding carboxylic acids is 1. The molecule has 102 valence electrons. The van der Waals surface area contributed by atoms with Crippen LogP contribution in [0.25, 0.3) is 11.0 Å². The maximum atomic E-state index is 11.7. The van der Waals surface area contributed by atoms with Gasteiger partial charge in [0.2, 0.25) is 11.9 Å². The number of aryl methyl sites for hydroxylation is 1. The van der Waals surface area contributed by atoms with E-state index in [2.05, 4.69) is 10.3 Å². The van der Waals surface area contributed by atoms with Crippen LogP contribution in [0.2, 0.25) is 5.02 Å². The van der Waals surface area contributed by atoms with Crippen LogP contribution in [-0.2, 0) is 11.3 Å². The van der Waals surface area contributed by atoms with Gasteiger partial charge in [0.05, 0.1) is 10.5 Å². The Morgan fingerprint density at radius 1 is 1.53 bits per heavy atom. The minimum atomic E-state index is -0.00159. The predicted molar refractivity (Wildman–Crippen MR) is 77.1 cm³/mol. The summed E-state index contributed by atoms with van der Waals surface area (Å²) in [5.74, 6) is 0.374. The van der Waals surface area contributed by atoms with Gasteiger partial charge in [0, 0.05) is 19.0 Å². The average Bonchev–Trinajstić information content (AvgIpc) is 2.63. The fourth-order valence-corrected chi connectivity index (χ4v) is 2.19. The van der Waals surface area contributed by atoms with Crippen LogP contribution in [-0.4, -0.2) is 21.5 Å². The van der Waals surface area contributed by atoms with Gasteiger partial charge < -0.3 is 15.6 Å². The number of hydrogen-bond acceptors (Lipinski definition) is 3. The molecule has 3 N–H and O–H groups in total. The molecule has 1 amide bonds. The number of fused-ring (bicyclic) bond motifs is 1. The molecule has 0 aliphatic rings. The number of rotatable bonds is 4. The fraction of sp³-hybridized carbons (Fsp3) is 0.385. The lowest BCUT2D eigenvalue weighted by atomic mass is 10.3. The summed E-state index contributed by atoms with van der Waals surface area (Å²) in [5.41, 5.74) is 7.39. The third-order valence-corrected chi connectivity index (χ3v) is 3.08. The Bertz CT molecular complexity index is 606. The third-order valence-electron chi connectivity index (χ3n) is 2.77. The Labute approximate surface area is 116 Å². The van der Waals surface area contributed by atoms with E-state index in [1.165, 1.54) is 0 Å². The molecular formula is C13H17ClN4O. The standard InChI is InChI=1S/C13H17ClN4O/c1-8(2)16-11(19)6-7-18-10-5-3-4-9(14)12(10)17-13(18)15/h3-5,8H,6-7H2,1-2H3,(H2,15,17)(H,16,19). The molecule has 19 heavy (non-hydrogen) atoms. The first-order chi connectivity index (χ1) is 8.99. The second-order valence-electron chi connectivity index (χ2n) is 4.70. The molecule has 0 spiro atoms. The Morgan fingerprint density at radius 2 is 2.26 bits per heavy atom. The Kier molecular flexibility index (Phi) is 3.95. The second-order valence-corrected chi connectivity index (χ2v) is 5.11. The van der Waals surface area contributed by atoms with Gasteiger partial charge in [-0.25, -0.2) is 4.98 Å². The van der Waals surface area contributed by atoms with E-state index in [-0.39, 0.29) is 11.9 Å². The van der Waals surface area contributed by atoms with Crippen molar-refractivity contribution in [3.8, 4) is 0 Å². The van der Waals surface area contributed by atoms with E-state index in [0.29, 0.717) is 29.5 Å². The molecule has 0 saturated heterocycles. The number of nitrogens with two attached hydrogens (primary N) is 1. The molecule has 0 radical (unpaired) electrons. The molecule has 6 heteroatoms. The summed E-state index contributed by atoms with van der Waals surface area (Å²) in [6, 6.07) is 5.65. The molecular weight excluding hydrogens is 264 g/mol. The summed E-state index contributed by atoms with van der Waals surface area (Å²) in [7, 11) is 0. The van der Waals surface area contributed by atoms with E-state index < -0.39 is 0 Å². The number of carbonyl (C=O) groups is 1. The maximum absolute atomic E-state index is 11.7. The lowest BCUT2D eigenvalue weighted by Crippen LogP contribution is -2.30. The summed E-state index contributed by atoms with van der Waals surface area (Å²) in [6.07, 6.45) is 0.361. The van der Waals surface area contributed by atoms with Crippen molar-refractivity contribution < 1.29 is 4.79 Å². The maximum Gasteiger partial charge on any atom is 0.221 e. The van der Waals surface area contributed by atoms with Crippen LogP contribution < -0.4 is 11.1 Å². The van der Waals surface area contributed by atoms with Crippen LogP contribution in [0, 0.1) is 0 Å². The summed E-state index contributed by atoms with van der Waals surface area (Å²) >= 11 is 6.06. The number of benzene rings is 1. The normalized spacial score (nSPS) is 11.2. The number of nitrogens with one attached hydrogen (secondary N) is 1. The molecule has 0 aliphatic heterocycles. The first kappa shape index (κ1) is 13.7. The largest absolute Gasteiger partial charge is 0.369 e. The lowest BCUT2D eigenvalue weighted by molar-refractivity contribution is -0.121. The van der Waals surface area contributed by atoms with Gasteiger partial charge in [0.1, 0.15) is 5.52 Å². The highest BCUT2D eigenvalue weighted by molar-refractivity contribution is 6.35. The number of amides is 1. The molecule has 2 aromatic rings. The van der Waals surface area contributed by atoms with Crippen molar-refractivity contribution in [3.63, 3.8) is 0 Å². The van der Waals surface area contributed by atoms with Gasteiger partial charge in [-0.3, -0.25) is 4.79 Å². The molecule has 5 nitrogen and oxygen atoms in total. The Balaban J connectivity index is 2.19. The van der Waals surface area contributed by atoms with E-state index in [0.717, 1.165) is 5.52 Å². The van der Waals surface area contributed by atoms with E-state index in [1.807, 2.05) is 26.0 Å². The van der Waals surface area contributed by atoms with Crippen molar-refractivity contribution in [1.29, 1.82) is 0 Å². The van der Waals surface area contributed by atoms with Crippen LogP contribution in [0.5, 0.6) is 0 Å². The minimum Gasteiger partial charge on any atom is -0.369 e. The monoisotopic (exact) mass is 280 g/mol. The SMILES string of the molecule is CC(C)NC(=O)CCn1c(N)nc2c(Cl)cccc21. The van der Waals surface area contributed by atoms with Gasteiger partial charge in [0.15, 0.2) is 0 Å². The molecule has 0 fully saturated rings. The van der Waals surface area contributed by atoms with E-state index >= 15 is 0 Å². The fourth-order valence-electron chi connectivity index (χ4n) is 1.97. The quantitative estimate of drug-likeness (QED) is 0.902. The second kappa shape index (κ2) is 5.48. The number of nitrogen functional groups attached to an aromatic ring is 1. The molecule has 0 atom stereocenters. The van der Waals surface area contributed by atoms with E-state index in [9.17, 15) is 4.79 Å². The van der Waals surface area contributed by atoms with Crippen molar-refractivity contribution in [2.75, 3.05) is 5.73 Å². The minimum absolute atomic E-state index is 0.00159. The molecule has 0 saturated carbocycles. The van der Waals surface area contributed by atoms with Crippen molar-refractivity contribution in [1.82, 2.24) is 14.9 Å². The molecule has 0 aliphatic carbocycles. The zero-order chi connectivity index (χ0) is 14.0. The van der Waals surface area contributed by atoms with Crippen molar-refractivity contribution in [3.05, 3.63) is 23.2 Å². The average molecular weight is 281 g/mol. The molecule has 1 heterocycles. The smallest absolute Gasteiger partial charge is 0.221 e. The summed E-state index contributed by atoms with van der Waals surface area (Å²) in [6.45, 7) is 4.35. The van der Waals surface area contributed by atoms with Gasteiger partial charge in [0.25, 0.3) is 0 Å². The van der Waals surface area contributed by atoms with Gasteiger partial charge in [-0.1, -0.05) is 17.7 Å². The van der Waals surface area contributed by atoms with E-state index in [4.69, 9.17) is 17.3 Å². The summed E-state index contributed by atoms with van der Waals surface area (Å²) in [5, 5.41) is 3.41. The molecule has 0 bridgehead atoms. The van der Waals surface area contributed by atoms with Gasteiger partial charge >= 0.3 is 0 Å². The highest BCUT2D eigenvalue weighted by Gasteiger charge is 2.12. The first-order valence-corrected chi connectivity index (χ1v) is 6.56. The predicted octanol–water partition coefficient (Wildman–Crippen LogP) is 2.19. The topological polar surface area (TPSA) is 72.9 Å². The van der Waals surface area contributed by atoms with Crippen LogP contribution in [0.4, 0.5) is 5.95 Å². The number of aromatic nitrogens is 2. The highest BCUT2D eigenvalue weighted by Crippen LogP contribution is 2.24. The van der Waals surface area contributed by atoms with E-state index in [1.54, 1.807) is 10.6 Å². The molecule has 1 aromatic heterocycles. The van der Waals surface area contributed by atoms with Crippen LogP contribution in [0.1, 0.15) is 20.3 Å². The number of nitrogens with zero attached hydrogens (tertiary/aromatic N) is 2. The Morgan fingerprint density at radius 3 is 2.95 bits per heavy atom. The zero-order valence-corrected chi connectivity index (χ0v) is 11.7. The Hall–Kier alpha value is -1.75. The van der Waals surface area contributed by atoms with Crippen molar-refractivity contribution in [2.45, 2.75) is 32.9 Å². The molecule has 0 unspecified atom stereocenters. The lowest BCUT2D eigenvalue weighted by Gasteiger charge is -2.09. The van der Waals surface area contributed by atoms with Crippen molar-refractivity contribution in [2.24, 2.45) is 0 Å². The molecule has 2 rings (SSSR count). The third kappa shape index (κ3) is 2.98. The number of hydrogen-bond donors (Lipinski definition) is 2. The number of imidazole rings is 1. The van der Waals surface area contributed by atoms with Gasteiger partial charge in [-0.15, -0.1) is 0 Å². The van der Waals surface area contributed by atoms with Crippen LogP contribution in [0.3, 0.4) is 0 Å². The van der Waals surface area contributed by atoms with Crippen molar-refractivity contribution >= 4 is 34.5 Å². The highest BCUT2D eigenvalue weighted by atomic mass is 35.5. The first-order valence-electron chi connectivity index (χ1n) is 6.18. The van der Waals surface area contributed by atoms with Crippen LogP contribution in [0.15, 0.2) is 18.2 Å².